The lowest BCUT2D eigenvalue weighted by Crippen LogP contribution is -2.39. The molecular formula is C27H25ClN8O. The van der Waals surface area contributed by atoms with Gasteiger partial charge in [-0.05, 0) is 49.4 Å². The normalized spacial score (nSPS) is 21.5. The van der Waals surface area contributed by atoms with Crippen molar-refractivity contribution in [1.82, 2.24) is 29.5 Å². The molecule has 9 nitrogen and oxygen atoms in total. The molecule has 0 radical (unpaired) electrons. The molecule has 1 aliphatic carbocycles. The maximum Gasteiger partial charge on any atom is 0.267 e. The van der Waals surface area contributed by atoms with Crippen LogP contribution in [0.15, 0.2) is 59.7 Å². The van der Waals surface area contributed by atoms with E-state index in [0.29, 0.717) is 39.1 Å². The van der Waals surface area contributed by atoms with E-state index in [4.69, 9.17) is 27.3 Å². The summed E-state index contributed by atoms with van der Waals surface area (Å²) in [7, 11) is 0. The first-order valence-corrected chi connectivity index (χ1v) is 13.0. The van der Waals surface area contributed by atoms with E-state index in [1.54, 1.807) is 17.0 Å². The van der Waals surface area contributed by atoms with Crippen molar-refractivity contribution in [3.63, 3.8) is 0 Å². The number of nitrogens with two attached hydrogens (primary N) is 1. The average molecular weight is 513 g/mol. The molecule has 1 aliphatic heterocycles. The number of halogens is 1. The van der Waals surface area contributed by atoms with E-state index in [2.05, 4.69) is 19.9 Å². The van der Waals surface area contributed by atoms with Crippen molar-refractivity contribution in [3.8, 4) is 5.69 Å². The zero-order valence-corrected chi connectivity index (χ0v) is 20.8. The second-order valence-electron chi connectivity index (χ2n) is 9.86. The third kappa shape index (κ3) is 3.48. The molecular weight excluding hydrogens is 488 g/mol. The number of anilines is 2. The van der Waals surface area contributed by atoms with Crippen molar-refractivity contribution in [2.45, 2.75) is 44.2 Å². The van der Waals surface area contributed by atoms with Crippen LogP contribution in [0.3, 0.4) is 0 Å². The molecule has 37 heavy (non-hydrogen) atoms. The Hall–Kier alpha value is -3.98. The molecule has 10 heteroatoms. The van der Waals surface area contributed by atoms with Crippen LogP contribution in [0.25, 0.3) is 27.8 Å². The van der Waals surface area contributed by atoms with Crippen molar-refractivity contribution >= 4 is 45.4 Å². The largest absolute Gasteiger partial charge is 0.368 e. The second kappa shape index (κ2) is 8.55. The van der Waals surface area contributed by atoms with Crippen LogP contribution in [-0.4, -0.2) is 35.5 Å². The van der Waals surface area contributed by atoms with Crippen LogP contribution in [-0.2, 0) is 0 Å². The number of nitrogens with one attached hydrogen (secondary N) is 1. The third-order valence-electron chi connectivity index (χ3n) is 7.80. The number of H-pyrrole nitrogens is 1. The number of fused-ring (bicyclic) bond motifs is 3. The second-order valence-corrected chi connectivity index (χ2v) is 10.3. The molecule has 0 amide bonds. The van der Waals surface area contributed by atoms with Gasteiger partial charge in [0.2, 0.25) is 5.95 Å². The summed E-state index contributed by atoms with van der Waals surface area (Å²) in [6, 6.07) is 15.1. The lowest BCUT2D eigenvalue weighted by atomic mass is 9.84. The molecule has 2 fully saturated rings. The summed E-state index contributed by atoms with van der Waals surface area (Å²) < 4.78 is 1.72. The highest BCUT2D eigenvalue weighted by atomic mass is 35.5. The number of benzene rings is 2. The van der Waals surface area contributed by atoms with Gasteiger partial charge in [0.1, 0.15) is 11.3 Å². The van der Waals surface area contributed by atoms with E-state index in [0.717, 1.165) is 36.9 Å². The van der Waals surface area contributed by atoms with Gasteiger partial charge in [0.05, 0.1) is 34.0 Å². The summed E-state index contributed by atoms with van der Waals surface area (Å²) in [6.07, 6.45) is 6.97. The first kappa shape index (κ1) is 22.2. The number of nitrogen functional groups attached to an aromatic ring is 1. The standard InChI is InChI=1S/C27H25ClN8O/c28-17-10-6-11-18-21(17)26(37)35(16-8-2-1-3-9-16)24(32-18)20-13-15-7-4-5-12-19(15)36(20)25-22-23(31-14-30-22)33-27(29)34-25/h1-3,6,8-11,14-15,19-20H,4-5,7,12-13H2,(H3,29,30,31,33,34)/t15-,19-,20-/m0/s1. The minimum Gasteiger partial charge on any atom is -0.368 e. The fraction of sp³-hybridized carbons (Fsp3) is 0.296. The number of para-hydroxylation sites is 1. The van der Waals surface area contributed by atoms with E-state index in [9.17, 15) is 4.79 Å². The Labute approximate surface area is 217 Å². The summed E-state index contributed by atoms with van der Waals surface area (Å²) in [5.74, 6) is 2.00. The Morgan fingerprint density at radius 2 is 1.84 bits per heavy atom. The molecule has 1 saturated carbocycles. The Morgan fingerprint density at radius 3 is 2.70 bits per heavy atom. The van der Waals surface area contributed by atoms with Crippen LogP contribution >= 0.6 is 11.6 Å². The van der Waals surface area contributed by atoms with Gasteiger partial charge in [0, 0.05) is 6.04 Å². The van der Waals surface area contributed by atoms with Crippen LogP contribution in [0.1, 0.15) is 44.0 Å². The number of imidazole rings is 1. The fourth-order valence-corrected chi connectivity index (χ4v) is 6.52. The van der Waals surface area contributed by atoms with Gasteiger partial charge in [0.15, 0.2) is 11.5 Å². The van der Waals surface area contributed by atoms with Crippen LogP contribution in [0.5, 0.6) is 0 Å². The molecule has 186 valence electrons. The van der Waals surface area contributed by atoms with Gasteiger partial charge in [-0.1, -0.05) is 48.7 Å². The zero-order valence-electron chi connectivity index (χ0n) is 20.0. The number of hydrogen-bond donors (Lipinski definition) is 2. The molecule has 3 N–H and O–H groups in total. The Bertz CT molecular complexity index is 1700. The van der Waals surface area contributed by atoms with E-state index in [1.807, 2.05) is 42.5 Å². The Morgan fingerprint density at radius 1 is 1.00 bits per heavy atom. The molecule has 2 aromatic carbocycles. The first-order valence-electron chi connectivity index (χ1n) is 12.6. The molecule has 0 spiro atoms. The summed E-state index contributed by atoms with van der Waals surface area (Å²) >= 11 is 6.52. The fourth-order valence-electron chi connectivity index (χ4n) is 6.27. The summed E-state index contributed by atoms with van der Waals surface area (Å²) in [4.78, 5) is 38.1. The van der Waals surface area contributed by atoms with Crippen LogP contribution in [0.2, 0.25) is 5.02 Å². The number of hydrogen-bond acceptors (Lipinski definition) is 7. The van der Waals surface area contributed by atoms with Gasteiger partial charge >= 0.3 is 0 Å². The van der Waals surface area contributed by atoms with Crippen molar-refractivity contribution in [2.24, 2.45) is 5.92 Å². The van der Waals surface area contributed by atoms with E-state index in [1.165, 1.54) is 6.42 Å². The minimum atomic E-state index is -0.204. The smallest absolute Gasteiger partial charge is 0.267 e. The Kier molecular flexibility index (Phi) is 5.14. The van der Waals surface area contributed by atoms with Crippen molar-refractivity contribution in [2.75, 3.05) is 10.6 Å². The molecule has 3 aromatic heterocycles. The summed E-state index contributed by atoms with van der Waals surface area (Å²) in [6.45, 7) is 0. The molecule has 7 rings (SSSR count). The van der Waals surface area contributed by atoms with Gasteiger partial charge in [-0.2, -0.15) is 9.97 Å². The number of rotatable bonds is 3. The van der Waals surface area contributed by atoms with Crippen molar-refractivity contribution < 1.29 is 0 Å². The highest BCUT2D eigenvalue weighted by molar-refractivity contribution is 6.35. The van der Waals surface area contributed by atoms with Gasteiger partial charge in [-0.15, -0.1) is 0 Å². The number of aromatic amines is 1. The number of aromatic nitrogens is 6. The Balaban J connectivity index is 1.52. The highest BCUT2D eigenvalue weighted by Gasteiger charge is 2.46. The number of nitrogens with zero attached hydrogens (tertiary/aromatic N) is 6. The minimum absolute atomic E-state index is 0.173. The van der Waals surface area contributed by atoms with Gasteiger partial charge in [-0.25, -0.2) is 9.97 Å². The molecule has 3 atom stereocenters. The molecule has 0 unspecified atom stereocenters. The third-order valence-corrected chi connectivity index (χ3v) is 8.12. The van der Waals surface area contributed by atoms with Crippen LogP contribution in [0.4, 0.5) is 11.8 Å². The molecule has 2 aliphatic rings. The van der Waals surface area contributed by atoms with Gasteiger partial charge < -0.3 is 15.6 Å². The summed E-state index contributed by atoms with van der Waals surface area (Å²) in [5, 5.41) is 0.812. The lowest BCUT2D eigenvalue weighted by Gasteiger charge is -2.35. The van der Waals surface area contributed by atoms with E-state index >= 15 is 0 Å². The monoisotopic (exact) mass is 512 g/mol. The maximum atomic E-state index is 14.1. The van der Waals surface area contributed by atoms with E-state index < -0.39 is 0 Å². The first-order chi connectivity index (χ1) is 18.1. The molecule has 0 bridgehead atoms. The summed E-state index contributed by atoms with van der Waals surface area (Å²) in [5.41, 5.74) is 8.57. The maximum absolute atomic E-state index is 14.1. The zero-order chi connectivity index (χ0) is 25.1. The lowest BCUT2D eigenvalue weighted by molar-refractivity contribution is 0.341. The predicted molar refractivity (Wildman–Crippen MR) is 144 cm³/mol. The quantitative estimate of drug-likeness (QED) is 0.356. The highest BCUT2D eigenvalue weighted by Crippen LogP contribution is 2.49. The van der Waals surface area contributed by atoms with E-state index in [-0.39, 0.29) is 23.6 Å². The predicted octanol–water partition coefficient (Wildman–Crippen LogP) is 4.80. The van der Waals surface area contributed by atoms with Crippen molar-refractivity contribution in [3.05, 3.63) is 76.1 Å². The molecule has 5 aromatic rings. The average Bonchev–Trinajstić information content (AvgIpc) is 3.53. The van der Waals surface area contributed by atoms with Crippen molar-refractivity contribution in [1.29, 1.82) is 0 Å². The topological polar surface area (TPSA) is 119 Å². The van der Waals surface area contributed by atoms with Crippen LogP contribution in [0, 0.1) is 5.92 Å². The van der Waals surface area contributed by atoms with Gasteiger partial charge in [-0.3, -0.25) is 9.36 Å². The van der Waals surface area contributed by atoms with Crippen LogP contribution < -0.4 is 16.2 Å². The molecule has 1 saturated heterocycles. The SMILES string of the molecule is Nc1nc(N2[C@H](c3nc4cccc(Cl)c4c(=O)n3-c3ccccc3)C[C@@H]3CCCC[C@@H]32)c2[nH]cnc2n1. The molecule has 4 heterocycles. The van der Waals surface area contributed by atoms with Gasteiger partial charge in [0.25, 0.3) is 5.56 Å².